The number of nitrogens with one attached hydrogen (secondary N) is 1. The Kier molecular flexibility index (Phi) is 4.92. The summed E-state index contributed by atoms with van der Waals surface area (Å²) in [6.45, 7) is 1.23. The standard InChI is InChI=1S/C17H12Cl2N2O4/c1-9-11-7-10(18)4-5-13(11)25-15(9)17(23)24-8-14(22)21-12-3-2-6-20-16(12)19/h2-7H,8H2,1H3,(H,21,22). The lowest BCUT2D eigenvalue weighted by Gasteiger charge is -2.06. The van der Waals surface area contributed by atoms with Gasteiger partial charge in [0.2, 0.25) is 5.76 Å². The third-order valence-corrected chi connectivity index (χ3v) is 3.99. The van der Waals surface area contributed by atoms with E-state index >= 15 is 0 Å². The molecule has 1 amide bonds. The molecule has 8 heteroatoms. The molecule has 6 nitrogen and oxygen atoms in total. The van der Waals surface area contributed by atoms with Gasteiger partial charge in [0.15, 0.2) is 11.8 Å². The first-order valence-electron chi connectivity index (χ1n) is 7.22. The van der Waals surface area contributed by atoms with Gasteiger partial charge < -0.3 is 14.5 Å². The number of furan rings is 1. The number of pyridine rings is 1. The van der Waals surface area contributed by atoms with Crippen LogP contribution in [0.15, 0.2) is 40.9 Å². The van der Waals surface area contributed by atoms with Crippen LogP contribution in [0.4, 0.5) is 5.69 Å². The molecule has 0 saturated heterocycles. The number of esters is 1. The van der Waals surface area contributed by atoms with Crippen LogP contribution in [0.1, 0.15) is 16.1 Å². The largest absolute Gasteiger partial charge is 0.450 e. The first kappa shape index (κ1) is 17.3. The van der Waals surface area contributed by atoms with Crippen LogP contribution in [-0.4, -0.2) is 23.5 Å². The van der Waals surface area contributed by atoms with Crippen molar-refractivity contribution < 1.29 is 18.7 Å². The minimum atomic E-state index is -0.739. The van der Waals surface area contributed by atoms with E-state index in [0.29, 0.717) is 27.2 Å². The van der Waals surface area contributed by atoms with Gasteiger partial charge in [-0.15, -0.1) is 0 Å². The number of amides is 1. The zero-order valence-electron chi connectivity index (χ0n) is 13.0. The Labute approximate surface area is 152 Å². The van der Waals surface area contributed by atoms with Gasteiger partial charge in [0.05, 0.1) is 5.69 Å². The smallest absolute Gasteiger partial charge is 0.375 e. The molecule has 25 heavy (non-hydrogen) atoms. The van der Waals surface area contributed by atoms with Gasteiger partial charge in [-0.3, -0.25) is 4.79 Å². The zero-order chi connectivity index (χ0) is 18.0. The maximum absolute atomic E-state index is 12.2. The van der Waals surface area contributed by atoms with Crippen molar-refractivity contribution in [3.8, 4) is 0 Å². The van der Waals surface area contributed by atoms with Gasteiger partial charge in [-0.25, -0.2) is 9.78 Å². The fraction of sp³-hybridized carbons (Fsp3) is 0.118. The zero-order valence-corrected chi connectivity index (χ0v) is 14.5. The average Bonchev–Trinajstić information content (AvgIpc) is 2.91. The molecule has 0 aliphatic carbocycles. The van der Waals surface area contributed by atoms with Crippen LogP contribution in [0.3, 0.4) is 0 Å². The van der Waals surface area contributed by atoms with E-state index in [-0.39, 0.29) is 10.9 Å². The third kappa shape index (κ3) is 3.75. The molecule has 1 aromatic carbocycles. The average molecular weight is 379 g/mol. The van der Waals surface area contributed by atoms with Crippen LogP contribution in [0, 0.1) is 6.92 Å². The van der Waals surface area contributed by atoms with Crippen molar-refractivity contribution >= 4 is 51.7 Å². The predicted molar refractivity (Wildman–Crippen MR) is 94.1 cm³/mol. The van der Waals surface area contributed by atoms with Gasteiger partial charge in [-0.05, 0) is 37.3 Å². The molecule has 0 radical (unpaired) electrons. The second kappa shape index (κ2) is 7.13. The van der Waals surface area contributed by atoms with Crippen molar-refractivity contribution in [2.75, 3.05) is 11.9 Å². The minimum absolute atomic E-state index is 0.0319. The monoisotopic (exact) mass is 378 g/mol. The number of ether oxygens (including phenoxy) is 1. The fourth-order valence-corrected chi connectivity index (χ4v) is 2.59. The number of anilines is 1. The van der Waals surface area contributed by atoms with Crippen molar-refractivity contribution in [1.82, 2.24) is 4.98 Å². The highest BCUT2D eigenvalue weighted by atomic mass is 35.5. The van der Waals surface area contributed by atoms with Crippen LogP contribution in [-0.2, 0) is 9.53 Å². The summed E-state index contributed by atoms with van der Waals surface area (Å²) in [5, 5.41) is 3.90. The highest BCUT2D eigenvalue weighted by Gasteiger charge is 2.20. The van der Waals surface area contributed by atoms with E-state index in [1.165, 1.54) is 6.20 Å². The molecule has 3 aromatic rings. The number of carbonyl (C=O) groups excluding carboxylic acids is 2. The summed E-state index contributed by atoms with van der Waals surface area (Å²) in [5.41, 5.74) is 1.44. The maximum atomic E-state index is 12.2. The fourth-order valence-electron chi connectivity index (χ4n) is 2.25. The first-order chi connectivity index (χ1) is 12.0. The van der Waals surface area contributed by atoms with E-state index in [9.17, 15) is 9.59 Å². The molecule has 128 valence electrons. The van der Waals surface area contributed by atoms with Gasteiger partial charge in [0.1, 0.15) is 5.58 Å². The van der Waals surface area contributed by atoms with Crippen LogP contribution >= 0.6 is 23.2 Å². The van der Waals surface area contributed by atoms with Gasteiger partial charge in [0, 0.05) is 22.2 Å². The summed E-state index contributed by atoms with van der Waals surface area (Å²) in [6, 6.07) is 8.23. The molecule has 0 fully saturated rings. The van der Waals surface area contributed by atoms with Crippen LogP contribution in [0.5, 0.6) is 0 Å². The van der Waals surface area contributed by atoms with Crippen LogP contribution in [0.25, 0.3) is 11.0 Å². The lowest BCUT2D eigenvalue weighted by atomic mass is 10.1. The number of carbonyl (C=O) groups is 2. The van der Waals surface area contributed by atoms with Crippen molar-refractivity contribution in [3.63, 3.8) is 0 Å². The lowest BCUT2D eigenvalue weighted by molar-refractivity contribution is -0.119. The number of halogens is 2. The summed E-state index contributed by atoms with van der Waals surface area (Å²) in [5.74, 6) is -1.25. The Morgan fingerprint density at radius 3 is 2.84 bits per heavy atom. The molecule has 0 aliphatic rings. The molecule has 0 atom stereocenters. The molecule has 3 rings (SSSR count). The summed E-state index contributed by atoms with van der Waals surface area (Å²) in [7, 11) is 0. The number of rotatable bonds is 4. The summed E-state index contributed by atoms with van der Waals surface area (Å²) in [4.78, 5) is 27.9. The van der Waals surface area contributed by atoms with E-state index in [4.69, 9.17) is 32.4 Å². The van der Waals surface area contributed by atoms with Crippen molar-refractivity contribution in [3.05, 3.63) is 58.0 Å². The second-order valence-corrected chi connectivity index (χ2v) is 5.96. The molecular formula is C17H12Cl2N2O4. The number of nitrogens with zero attached hydrogens (tertiary/aromatic N) is 1. The molecule has 2 heterocycles. The van der Waals surface area contributed by atoms with E-state index < -0.39 is 18.5 Å². The Bertz CT molecular complexity index is 968. The maximum Gasteiger partial charge on any atom is 0.375 e. The van der Waals surface area contributed by atoms with Gasteiger partial charge in [-0.1, -0.05) is 23.2 Å². The molecule has 0 aliphatic heterocycles. The minimum Gasteiger partial charge on any atom is -0.450 e. The quantitative estimate of drug-likeness (QED) is 0.542. The molecule has 2 aromatic heterocycles. The number of aromatic nitrogens is 1. The van der Waals surface area contributed by atoms with Crippen LogP contribution in [0.2, 0.25) is 10.2 Å². The lowest BCUT2D eigenvalue weighted by Crippen LogP contribution is -2.21. The highest BCUT2D eigenvalue weighted by molar-refractivity contribution is 6.32. The summed E-state index contributed by atoms with van der Waals surface area (Å²) < 4.78 is 10.5. The van der Waals surface area contributed by atoms with E-state index in [1.807, 2.05) is 0 Å². The van der Waals surface area contributed by atoms with E-state index in [1.54, 1.807) is 37.3 Å². The number of benzene rings is 1. The Hall–Kier alpha value is -2.57. The van der Waals surface area contributed by atoms with Crippen molar-refractivity contribution in [2.24, 2.45) is 0 Å². The Morgan fingerprint density at radius 2 is 2.08 bits per heavy atom. The third-order valence-electron chi connectivity index (χ3n) is 3.45. The normalized spacial score (nSPS) is 10.7. The van der Waals surface area contributed by atoms with Gasteiger partial charge in [0.25, 0.3) is 5.91 Å². The molecule has 0 unspecified atom stereocenters. The molecule has 0 bridgehead atoms. The highest BCUT2D eigenvalue weighted by Crippen LogP contribution is 2.28. The van der Waals surface area contributed by atoms with Gasteiger partial charge >= 0.3 is 5.97 Å². The SMILES string of the molecule is Cc1c(C(=O)OCC(=O)Nc2cccnc2Cl)oc2ccc(Cl)cc12. The molecule has 0 spiro atoms. The van der Waals surface area contributed by atoms with E-state index in [2.05, 4.69) is 10.3 Å². The van der Waals surface area contributed by atoms with Crippen molar-refractivity contribution in [1.29, 1.82) is 0 Å². The molecular weight excluding hydrogens is 367 g/mol. The first-order valence-corrected chi connectivity index (χ1v) is 7.97. The molecule has 0 saturated carbocycles. The number of hydrogen-bond donors (Lipinski definition) is 1. The van der Waals surface area contributed by atoms with E-state index in [0.717, 1.165) is 0 Å². The summed E-state index contributed by atoms with van der Waals surface area (Å²) in [6.07, 6.45) is 1.49. The number of fused-ring (bicyclic) bond motifs is 1. The van der Waals surface area contributed by atoms with Gasteiger partial charge in [-0.2, -0.15) is 0 Å². The Morgan fingerprint density at radius 1 is 1.28 bits per heavy atom. The van der Waals surface area contributed by atoms with Crippen LogP contribution < -0.4 is 5.32 Å². The van der Waals surface area contributed by atoms with Crippen molar-refractivity contribution in [2.45, 2.75) is 6.92 Å². The Balaban J connectivity index is 1.67. The predicted octanol–water partition coefficient (Wildman–Crippen LogP) is 4.24. The second-order valence-electron chi connectivity index (χ2n) is 5.16. The topological polar surface area (TPSA) is 81.4 Å². The molecule has 1 N–H and O–H groups in total. The summed E-state index contributed by atoms with van der Waals surface area (Å²) >= 11 is 11.8. The number of aryl methyl sites for hydroxylation is 1. The number of hydrogen-bond acceptors (Lipinski definition) is 5.